The number of amides is 1. The molecule has 1 amide bonds. The van der Waals surface area contributed by atoms with Gasteiger partial charge in [0.15, 0.2) is 0 Å². The summed E-state index contributed by atoms with van der Waals surface area (Å²) in [6, 6.07) is 0. The number of carbonyl (C=O) groups excluding carboxylic acids is 2. The third-order valence-corrected chi connectivity index (χ3v) is 0.553. The smallest absolute Gasteiger partial charge is 0.290 e. The van der Waals surface area contributed by atoms with E-state index in [0.29, 0.717) is 0 Å². The number of hydrogen-bond acceptors (Lipinski definition) is 2. The molecule has 0 atom stereocenters. The van der Waals surface area contributed by atoms with E-state index in [4.69, 9.17) is 0 Å². The maximum atomic E-state index is 10.2. The molecule has 0 aliphatic rings. The van der Waals surface area contributed by atoms with Gasteiger partial charge in [-0.3, -0.25) is 9.59 Å². The Morgan fingerprint density at radius 2 is 2.12 bits per heavy atom. The van der Waals surface area contributed by atoms with Crippen molar-refractivity contribution in [3.63, 3.8) is 0 Å². The summed E-state index contributed by atoms with van der Waals surface area (Å²) < 4.78 is 0. The number of rotatable bonds is 2. The predicted molar refractivity (Wildman–Crippen MR) is 29.0 cm³/mol. The zero-order valence-electron chi connectivity index (χ0n) is 4.60. The van der Waals surface area contributed by atoms with Gasteiger partial charge in [-0.25, -0.2) is 0 Å². The van der Waals surface area contributed by atoms with E-state index in [1.54, 1.807) is 0 Å². The summed E-state index contributed by atoms with van der Waals surface area (Å²) in [4.78, 5) is 20.3. The van der Waals surface area contributed by atoms with Crippen LogP contribution < -0.4 is 5.32 Å². The van der Waals surface area contributed by atoms with Crippen LogP contribution in [0.1, 0.15) is 6.92 Å². The van der Waals surface area contributed by atoms with Gasteiger partial charge in [-0.2, -0.15) is 0 Å². The van der Waals surface area contributed by atoms with Crippen molar-refractivity contribution < 1.29 is 9.59 Å². The fourth-order valence-electron chi connectivity index (χ4n) is 0.194. The summed E-state index contributed by atoms with van der Waals surface area (Å²) in [5, 5.41) is 2.12. The summed E-state index contributed by atoms with van der Waals surface area (Å²) in [6.45, 7) is 4.39. The lowest BCUT2D eigenvalue weighted by Gasteiger charge is -1.88. The maximum Gasteiger partial charge on any atom is 0.290 e. The van der Waals surface area contributed by atoms with Crippen LogP contribution >= 0.6 is 0 Å². The number of carbonyl (C=O) groups is 2. The van der Waals surface area contributed by atoms with E-state index in [1.807, 2.05) is 0 Å². The molecule has 3 nitrogen and oxygen atoms in total. The minimum Gasteiger partial charge on any atom is -0.327 e. The largest absolute Gasteiger partial charge is 0.327 e. The van der Waals surface area contributed by atoms with E-state index < -0.39 is 11.7 Å². The van der Waals surface area contributed by atoms with Crippen molar-refractivity contribution in [1.82, 2.24) is 5.32 Å². The van der Waals surface area contributed by atoms with Crippen molar-refractivity contribution in [3.05, 3.63) is 12.8 Å². The van der Waals surface area contributed by atoms with Gasteiger partial charge in [-0.05, 0) is 6.20 Å². The van der Waals surface area contributed by atoms with Crippen LogP contribution in [0.15, 0.2) is 12.8 Å². The fraction of sp³-hybridized carbons (Fsp3) is 0.200. The Hall–Kier alpha value is -1.12. The van der Waals surface area contributed by atoms with E-state index in [0.717, 1.165) is 0 Å². The highest BCUT2D eigenvalue weighted by molar-refractivity contribution is 6.35. The Kier molecular flexibility index (Phi) is 2.54. The molecule has 0 radical (unpaired) electrons. The Bertz CT molecular complexity index is 128. The van der Waals surface area contributed by atoms with Gasteiger partial charge in [0, 0.05) is 6.92 Å². The van der Waals surface area contributed by atoms with Crippen LogP contribution in [0.5, 0.6) is 0 Å². The number of hydrogen-bond donors (Lipinski definition) is 1. The molecule has 0 aromatic carbocycles. The molecular weight excluding hydrogens is 106 g/mol. The number of Topliss-reactive ketones (excluding diaryl/α,β-unsaturated/α-hetero) is 1. The molecule has 0 unspecified atom stereocenters. The van der Waals surface area contributed by atoms with Crippen LogP contribution in [-0.4, -0.2) is 11.7 Å². The Morgan fingerprint density at radius 1 is 1.62 bits per heavy atom. The van der Waals surface area contributed by atoms with Crippen LogP contribution in [0, 0.1) is 0 Å². The normalized spacial score (nSPS) is 7.62. The summed E-state index contributed by atoms with van der Waals surface area (Å²) in [6.07, 6.45) is 1.17. The molecular formula is C5H7NO2. The maximum absolute atomic E-state index is 10.2. The third kappa shape index (κ3) is 2.12. The molecule has 0 aliphatic heterocycles. The second-order valence-electron chi connectivity index (χ2n) is 1.23. The lowest BCUT2D eigenvalue weighted by Crippen LogP contribution is -2.23. The van der Waals surface area contributed by atoms with Crippen molar-refractivity contribution in [2.24, 2.45) is 0 Å². The number of nitrogens with one attached hydrogen (secondary N) is 1. The Balaban J connectivity index is 3.65. The third-order valence-electron chi connectivity index (χ3n) is 0.553. The van der Waals surface area contributed by atoms with Gasteiger partial charge >= 0.3 is 0 Å². The molecule has 3 heteroatoms. The second-order valence-corrected chi connectivity index (χ2v) is 1.23. The highest BCUT2D eigenvalue weighted by Crippen LogP contribution is 1.66. The molecule has 8 heavy (non-hydrogen) atoms. The first-order chi connectivity index (χ1) is 3.68. The van der Waals surface area contributed by atoms with E-state index in [-0.39, 0.29) is 0 Å². The molecule has 44 valence electrons. The topological polar surface area (TPSA) is 46.2 Å². The second kappa shape index (κ2) is 2.96. The van der Waals surface area contributed by atoms with Crippen molar-refractivity contribution in [1.29, 1.82) is 0 Å². The first-order valence-electron chi connectivity index (χ1n) is 2.11. The van der Waals surface area contributed by atoms with Crippen LogP contribution in [-0.2, 0) is 9.59 Å². The van der Waals surface area contributed by atoms with Gasteiger partial charge in [0.1, 0.15) is 0 Å². The quantitative estimate of drug-likeness (QED) is 0.505. The minimum absolute atomic E-state index is 0.509. The van der Waals surface area contributed by atoms with Crippen LogP contribution in [0.3, 0.4) is 0 Å². The first-order valence-corrected chi connectivity index (χ1v) is 2.11. The standard InChI is InChI=1S/C5H7NO2/c1-3-6-5(8)4(2)7/h3H,1H2,2H3,(H,6,8). The summed E-state index contributed by atoms with van der Waals surface area (Å²) in [5.41, 5.74) is 0. The number of ketones is 1. The van der Waals surface area contributed by atoms with Crippen LogP contribution in [0.25, 0.3) is 0 Å². The molecule has 1 N–H and O–H groups in total. The van der Waals surface area contributed by atoms with Gasteiger partial charge in [-0.1, -0.05) is 6.58 Å². The molecule has 0 fully saturated rings. The lowest BCUT2D eigenvalue weighted by atomic mass is 10.4. The zero-order valence-corrected chi connectivity index (χ0v) is 4.60. The van der Waals surface area contributed by atoms with Gasteiger partial charge in [0.2, 0.25) is 5.78 Å². The summed E-state index contributed by atoms with van der Waals surface area (Å²) in [5.74, 6) is -1.13. The average Bonchev–Trinajstić information content (AvgIpc) is 1.67. The highest BCUT2D eigenvalue weighted by atomic mass is 16.2. The lowest BCUT2D eigenvalue weighted by molar-refractivity contribution is -0.136. The van der Waals surface area contributed by atoms with Crippen molar-refractivity contribution in [3.8, 4) is 0 Å². The minimum atomic E-state index is -0.625. The van der Waals surface area contributed by atoms with E-state index in [9.17, 15) is 9.59 Å². The summed E-state index contributed by atoms with van der Waals surface area (Å²) >= 11 is 0. The van der Waals surface area contributed by atoms with Crippen LogP contribution in [0.2, 0.25) is 0 Å². The monoisotopic (exact) mass is 113 g/mol. The Labute approximate surface area is 47.4 Å². The van der Waals surface area contributed by atoms with E-state index >= 15 is 0 Å². The molecule has 0 saturated heterocycles. The molecule has 0 heterocycles. The van der Waals surface area contributed by atoms with E-state index in [1.165, 1.54) is 13.1 Å². The highest BCUT2D eigenvalue weighted by Gasteiger charge is 2.01. The molecule has 0 saturated carbocycles. The van der Waals surface area contributed by atoms with Gasteiger partial charge in [-0.15, -0.1) is 0 Å². The molecule has 0 aromatic rings. The van der Waals surface area contributed by atoms with Crippen molar-refractivity contribution in [2.75, 3.05) is 0 Å². The van der Waals surface area contributed by atoms with Crippen LogP contribution in [0.4, 0.5) is 0 Å². The molecule has 0 aliphatic carbocycles. The Morgan fingerprint density at radius 3 is 2.25 bits per heavy atom. The van der Waals surface area contributed by atoms with Gasteiger partial charge < -0.3 is 5.32 Å². The van der Waals surface area contributed by atoms with E-state index in [2.05, 4.69) is 11.9 Å². The van der Waals surface area contributed by atoms with Gasteiger partial charge in [0.05, 0.1) is 0 Å². The van der Waals surface area contributed by atoms with Gasteiger partial charge in [0.25, 0.3) is 5.91 Å². The van der Waals surface area contributed by atoms with Crippen molar-refractivity contribution in [2.45, 2.75) is 6.92 Å². The average molecular weight is 113 g/mol. The van der Waals surface area contributed by atoms with Crippen molar-refractivity contribution >= 4 is 11.7 Å². The molecule has 0 aromatic heterocycles. The first kappa shape index (κ1) is 6.88. The SMILES string of the molecule is C=CNC(=O)C(C)=O. The molecule has 0 bridgehead atoms. The fourth-order valence-corrected chi connectivity index (χ4v) is 0.194. The predicted octanol–water partition coefficient (Wildman–Crippen LogP) is -0.165. The molecule has 0 rings (SSSR count). The summed E-state index contributed by atoms with van der Waals surface area (Å²) in [7, 11) is 0. The zero-order chi connectivity index (χ0) is 6.57. The molecule has 0 spiro atoms.